The molecule has 3 atom stereocenters. The van der Waals surface area contributed by atoms with Crippen molar-refractivity contribution in [1.29, 1.82) is 0 Å². The number of carboxylic acid groups (broad SMARTS) is 3. The van der Waals surface area contributed by atoms with Crippen molar-refractivity contribution in [3.8, 4) is 0 Å². The highest BCUT2D eigenvalue weighted by atomic mass is 16.4. The molecule has 3 N–H and O–H groups in total. The third-order valence-corrected chi connectivity index (χ3v) is 7.29. The Morgan fingerprint density at radius 1 is 0.588 bits per heavy atom. The van der Waals surface area contributed by atoms with Gasteiger partial charge in [-0.2, -0.15) is 0 Å². The molecule has 0 aliphatic rings. The zero-order valence-electron chi connectivity index (χ0n) is 22.0. The lowest BCUT2D eigenvalue weighted by molar-refractivity contribution is -0.968. The number of carbonyl (C=O) groups is 3. The summed E-state index contributed by atoms with van der Waals surface area (Å²) in [6.45, 7) is 6.67. The van der Waals surface area contributed by atoms with Crippen LogP contribution in [0, 0.1) is 0 Å². The Hall–Kier alpha value is -1.89. The average molecular weight is 485 g/mol. The van der Waals surface area contributed by atoms with Gasteiger partial charge in [-0.05, 0) is 52.9 Å². The predicted molar refractivity (Wildman–Crippen MR) is 136 cm³/mol. The molecule has 0 bridgehead atoms. The number of unbranched alkanes of at least 4 members (excludes halogenated alkanes) is 12. The van der Waals surface area contributed by atoms with Crippen molar-refractivity contribution >= 4 is 17.9 Å². The summed E-state index contributed by atoms with van der Waals surface area (Å²) in [4.78, 5) is 35.3. The highest BCUT2D eigenvalue weighted by Gasteiger charge is 2.52. The van der Waals surface area contributed by atoms with Gasteiger partial charge in [0.15, 0.2) is 18.1 Å². The molecule has 198 valence electrons. The summed E-state index contributed by atoms with van der Waals surface area (Å²) in [5.41, 5.74) is 0. The first-order chi connectivity index (χ1) is 16.1. The number of aliphatic carboxylic acids is 3. The summed E-state index contributed by atoms with van der Waals surface area (Å²) in [6.07, 6.45) is 20.7. The Labute approximate surface area is 206 Å². The summed E-state index contributed by atoms with van der Waals surface area (Å²) >= 11 is 0. The molecule has 0 aromatic heterocycles. The number of quaternary nitrogens is 1. The van der Waals surface area contributed by atoms with Crippen LogP contribution in [-0.4, -0.2) is 62.4 Å². The van der Waals surface area contributed by atoms with E-state index in [1.165, 1.54) is 85.0 Å². The Kier molecular flexibility index (Phi) is 17.4. The summed E-state index contributed by atoms with van der Waals surface area (Å²) < 4.78 is -0.498. The van der Waals surface area contributed by atoms with Gasteiger partial charge in [-0.1, -0.05) is 76.9 Å². The van der Waals surface area contributed by atoms with Gasteiger partial charge in [-0.25, -0.2) is 14.4 Å². The summed E-state index contributed by atoms with van der Waals surface area (Å²) in [7, 11) is 0. The van der Waals surface area contributed by atoms with Gasteiger partial charge < -0.3 is 15.3 Å². The van der Waals surface area contributed by atoms with Crippen LogP contribution in [0.5, 0.6) is 0 Å². The van der Waals surface area contributed by atoms with Crippen LogP contribution in [0.3, 0.4) is 0 Å². The first-order valence-electron chi connectivity index (χ1n) is 13.3. The van der Waals surface area contributed by atoms with E-state index in [0.29, 0.717) is 6.42 Å². The van der Waals surface area contributed by atoms with Crippen LogP contribution in [-0.2, 0) is 14.4 Å². The van der Waals surface area contributed by atoms with E-state index < -0.39 is 40.5 Å². The topological polar surface area (TPSA) is 112 Å². The Balaban J connectivity index is 4.42. The van der Waals surface area contributed by atoms with Gasteiger partial charge in [-0.3, -0.25) is 4.48 Å². The minimum Gasteiger partial charge on any atom is -0.477 e. The minimum atomic E-state index is -1.18. The van der Waals surface area contributed by atoms with E-state index in [1.54, 1.807) is 0 Å². The highest BCUT2D eigenvalue weighted by molar-refractivity contribution is 5.77. The average Bonchev–Trinajstić information content (AvgIpc) is 2.80. The second-order valence-corrected chi connectivity index (χ2v) is 9.70. The molecule has 0 aliphatic heterocycles. The first-order valence-corrected chi connectivity index (χ1v) is 13.3. The summed E-state index contributed by atoms with van der Waals surface area (Å²) in [6, 6.07) is -3.41. The maximum Gasteiger partial charge on any atom is 0.362 e. The second kappa shape index (κ2) is 18.4. The predicted octanol–water partition coefficient (Wildman–Crippen LogP) is 6.26. The van der Waals surface area contributed by atoms with Crippen molar-refractivity contribution < 1.29 is 34.2 Å². The molecular weight excluding hydrogens is 434 g/mol. The SMILES string of the molecule is CCCCCCCCCCCC/C=C/CCCC[N+](C(C)C(=O)O)(C(C)C(=O)O)C(C)C(=O)O. The van der Waals surface area contributed by atoms with Gasteiger partial charge in [-0.15, -0.1) is 0 Å². The molecule has 34 heavy (non-hydrogen) atoms. The standard InChI is InChI=1S/C27H49NO6/c1-5-6-7-8-9-10-11-12-13-14-15-16-17-18-19-20-21-28(22(2)25(29)30,23(3)26(31)32)24(4)27(33)34/h16-17,22-24H,5-15,18-21H2,1-4H3,(H2-,29,30,31,32,33,34)/p+1/b17-16+. The van der Waals surface area contributed by atoms with Gasteiger partial charge >= 0.3 is 17.9 Å². The zero-order chi connectivity index (χ0) is 26.0. The maximum absolute atomic E-state index is 11.8. The van der Waals surface area contributed by atoms with Gasteiger partial charge in [0.2, 0.25) is 0 Å². The lowest BCUT2D eigenvalue weighted by Crippen LogP contribution is -2.70. The molecule has 0 rings (SSSR count). The van der Waals surface area contributed by atoms with Gasteiger partial charge in [0.05, 0.1) is 6.54 Å². The third-order valence-electron chi connectivity index (χ3n) is 7.29. The van der Waals surface area contributed by atoms with E-state index >= 15 is 0 Å². The van der Waals surface area contributed by atoms with Gasteiger partial charge in [0.1, 0.15) is 0 Å². The van der Waals surface area contributed by atoms with Crippen LogP contribution in [0.2, 0.25) is 0 Å². The number of carboxylic acids is 3. The van der Waals surface area contributed by atoms with Crippen LogP contribution < -0.4 is 0 Å². The van der Waals surface area contributed by atoms with E-state index in [1.807, 2.05) is 0 Å². The number of nitrogens with zero attached hydrogens (tertiary/aromatic N) is 1. The van der Waals surface area contributed by atoms with Crippen molar-refractivity contribution in [1.82, 2.24) is 0 Å². The number of hydrogen-bond acceptors (Lipinski definition) is 3. The number of allylic oxidation sites excluding steroid dienone is 2. The van der Waals surface area contributed by atoms with Gasteiger partial charge in [0.25, 0.3) is 0 Å². The lowest BCUT2D eigenvalue weighted by Gasteiger charge is -2.47. The molecular formula is C27H50NO6+. The molecule has 0 heterocycles. The fourth-order valence-electron chi connectivity index (χ4n) is 4.84. The van der Waals surface area contributed by atoms with E-state index in [-0.39, 0.29) is 6.54 Å². The van der Waals surface area contributed by atoms with Crippen molar-refractivity contribution in [2.75, 3.05) is 6.54 Å². The highest BCUT2D eigenvalue weighted by Crippen LogP contribution is 2.27. The van der Waals surface area contributed by atoms with E-state index in [4.69, 9.17) is 0 Å². The molecule has 7 nitrogen and oxygen atoms in total. The molecule has 0 radical (unpaired) electrons. The van der Waals surface area contributed by atoms with Crippen LogP contribution in [0.15, 0.2) is 12.2 Å². The van der Waals surface area contributed by atoms with Crippen LogP contribution in [0.25, 0.3) is 0 Å². The summed E-state index contributed by atoms with van der Waals surface area (Å²) in [5, 5.41) is 28.8. The molecule has 0 fully saturated rings. The third kappa shape index (κ3) is 11.5. The Morgan fingerprint density at radius 2 is 0.912 bits per heavy atom. The smallest absolute Gasteiger partial charge is 0.362 e. The Morgan fingerprint density at radius 3 is 1.26 bits per heavy atom. The van der Waals surface area contributed by atoms with Crippen molar-refractivity contribution in [3.05, 3.63) is 12.2 Å². The van der Waals surface area contributed by atoms with Crippen molar-refractivity contribution in [2.45, 2.75) is 136 Å². The van der Waals surface area contributed by atoms with Gasteiger partial charge in [0, 0.05) is 0 Å². The lowest BCUT2D eigenvalue weighted by atomic mass is 10.0. The fraction of sp³-hybridized carbons (Fsp3) is 0.815. The van der Waals surface area contributed by atoms with Crippen LogP contribution in [0.4, 0.5) is 0 Å². The molecule has 0 aromatic rings. The first kappa shape index (κ1) is 32.1. The molecule has 3 unspecified atom stereocenters. The number of hydrogen-bond donors (Lipinski definition) is 3. The maximum atomic E-state index is 11.8. The normalized spacial score (nSPS) is 16.1. The largest absolute Gasteiger partial charge is 0.477 e. The van der Waals surface area contributed by atoms with Crippen molar-refractivity contribution in [3.63, 3.8) is 0 Å². The van der Waals surface area contributed by atoms with Crippen molar-refractivity contribution in [2.24, 2.45) is 0 Å². The second-order valence-electron chi connectivity index (χ2n) is 9.70. The molecule has 0 aliphatic carbocycles. The molecule has 0 saturated heterocycles. The molecule has 0 amide bonds. The monoisotopic (exact) mass is 484 g/mol. The zero-order valence-corrected chi connectivity index (χ0v) is 22.0. The fourth-order valence-corrected chi connectivity index (χ4v) is 4.84. The molecule has 0 spiro atoms. The van der Waals surface area contributed by atoms with E-state index in [9.17, 15) is 29.7 Å². The summed E-state index contributed by atoms with van der Waals surface area (Å²) in [5.74, 6) is -3.55. The molecule has 0 aromatic carbocycles. The molecule has 7 heteroatoms. The van der Waals surface area contributed by atoms with Crippen LogP contribution >= 0.6 is 0 Å². The number of rotatable bonds is 22. The van der Waals surface area contributed by atoms with E-state index in [2.05, 4.69) is 19.1 Å². The van der Waals surface area contributed by atoms with Crippen LogP contribution in [0.1, 0.15) is 118 Å². The quantitative estimate of drug-likeness (QED) is 0.0950. The Bertz CT molecular complexity index is 568. The minimum absolute atomic E-state index is 0.195. The van der Waals surface area contributed by atoms with E-state index in [0.717, 1.165) is 19.3 Å². The molecule has 0 saturated carbocycles.